The number of benzene rings is 1. The molecule has 1 amide bonds. The predicted octanol–water partition coefficient (Wildman–Crippen LogP) is 3.17. The highest BCUT2D eigenvalue weighted by Crippen LogP contribution is 2.31. The maximum absolute atomic E-state index is 13.4. The molecule has 3 rings (SSSR count). The zero-order valence-electron chi connectivity index (χ0n) is 20.3. The van der Waals surface area contributed by atoms with E-state index in [9.17, 15) is 32.7 Å². The summed E-state index contributed by atoms with van der Waals surface area (Å²) in [7, 11) is 0. The molecule has 1 saturated heterocycles. The Labute approximate surface area is 226 Å². The number of ether oxygens (including phenoxy) is 1. The normalized spacial score (nSPS) is 15.7. The molecule has 38 heavy (non-hydrogen) atoms. The van der Waals surface area contributed by atoms with Crippen molar-refractivity contribution in [2.45, 2.75) is 44.6 Å². The summed E-state index contributed by atoms with van der Waals surface area (Å²) in [5.41, 5.74) is -3.67. The first kappa shape index (κ1) is 29.8. The zero-order valence-corrected chi connectivity index (χ0v) is 21.8. The number of amides is 1. The number of aromatic nitrogens is 1. The lowest BCUT2D eigenvalue weighted by atomic mass is 10.1. The second-order valence-corrected chi connectivity index (χ2v) is 9.45. The fourth-order valence-corrected chi connectivity index (χ4v) is 4.09. The molecule has 208 valence electrons. The number of nitrogens with zero attached hydrogens (tertiary/aromatic N) is 2. The Morgan fingerprint density at radius 1 is 1.18 bits per heavy atom. The Balaban J connectivity index is 1.54. The molecule has 0 unspecified atom stereocenters. The van der Waals surface area contributed by atoms with E-state index in [1.807, 2.05) is 4.90 Å². The number of nitrogens with one attached hydrogen (secondary N) is 1. The quantitative estimate of drug-likeness (QED) is 0.469. The summed E-state index contributed by atoms with van der Waals surface area (Å²) in [5.74, 6) is -1.47. The van der Waals surface area contributed by atoms with Gasteiger partial charge in [0.2, 0.25) is 0 Å². The molecule has 0 aliphatic carbocycles. The van der Waals surface area contributed by atoms with Gasteiger partial charge in [0.15, 0.2) is 0 Å². The standard InChI is InChI=1S/C24H26Cl2F3N3O6/c1-2-22(35)38-32-13-17(18(10-21(32)34)24(27,28)29)23(36)30-11-14(33)12-31-7-5-15(6-8-31)37-16-3-4-19(25)20(26)9-16/h3-4,9-10,13-15,33H,2,5-8,11-12H2,1H3,(H,30,36)/t14-/m1/s1. The Morgan fingerprint density at radius 2 is 1.87 bits per heavy atom. The van der Waals surface area contributed by atoms with Crippen molar-refractivity contribution in [3.05, 3.63) is 62.0 Å². The van der Waals surface area contributed by atoms with Crippen molar-refractivity contribution in [3.63, 3.8) is 0 Å². The maximum Gasteiger partial charge on any atom is 0.417 e. The Morgan fingerprint density at radius 3 is 2.47 bits per heavy atom. The Hall–Kier alpha value is -2.80. The summed E-state index contributed by atoms with van der Waals surface area (Å²) in [5, 5.41) is 13.4. The highest BCUT2D eigenvalue weighted by Gasteiger charge is 2.37. The van der Waals surface area contributed by atoms with Crippen LogP contribution in [-0.2, 0) is 11.0 Å². The lowest BCUT2D eigenvalue weighted by Gasteiger charge is -2.33. The number of aliphatic hydroxyl groups is 1. The molecule has 2 N–H and O–H groups in total. The average Bonchev–Trinajstić information content (AvgIpc) is 2.86. The van der Waals surface area contributed by atoms with Gasteiger partial charge in [-0.1, -0.05) is 30.1 Å². The molecule has 1 aliphatic rings. The van der Waals surface area contributed by atoms with Gasteiger partial charge < -0.3 is 24.9 Å². The third-order valence-corrected chi connectivity index (χ3v) is 6.50. The van der Waals surface area contributed by atoms with Crippen LogP contribution in [0.25, 0.3) is 0 Å². The van der Waals surface area contributed by atoms with E-state index in [1.165, 1.54) is 6.92 Å². The minimum absolute atomic E-state index is 0.0707. The van der Waals surface area contributed by atoms with Crippen LogP contribution in [0.3, 0.4) is 0 Å². The molecule has 9 nitrogen and oxygen atoms in total. The average molecular weight is 580 g/mol. The number of hydrogen-bond donors (Lipinski definition) is 2. The van der Waals surface area contributed by atoms with Crippen molar-refractivity contribution in [2.24, 2.45) is 0 Å². The highest BCUT2D eigenvalue weighted by atomic mass is 35.5. The van der Waals surface area contributed by atoms with Crippen molar-refractivity contribution in [2.75, 3.05) is 26.2 Å². The van der Waals surface area contributed by atoms with Crippen LogP contribution < -0.4 is 20.5 Å². The number of β-amino-alcohol motifs (C(OH)–C–C–N with tert-alkyl or cyclic N) is 1. The predicted molar refractivity (Wildman–Crippen MR) is 132 cm³/mol. The van der Waals surface area contributed by atoms with Crippen molar-refractivity contribution >= 4 is 35.1 Å². The fourth-order valence-electron chi connectivity index (χ4n) is 3.80. The topological polar surface area (TPSA) is 110 Å². The van der Waals surface area contributed by atoms with Gasteiger partial charge in [-0.15, -0.1) is 4.73 Å². The molecule has 1 aromatic heterocycles. The van der Waals surface area contributed by atoms with Crippen LogP contribution in [0.1, 0.15) is 42.1 Å². The van der Waals surface area contributed by atoms with E-state index in [-0.39, 0.29) is 36.4 Å². The molecule has 0 radical (unpaired) electrons. The van der Waals surface area contributed by atoms with Gasteiger partial charge in [0.05, 0.1) is 33.5 Å². The lowest BCUT2D eigenvalue weighted by molar-refractivity contribution is -0.144. The van der Waals surface area contributed by atoms with Gasteiger partial charge in [-0.05, 0) is 25.0 Å². The van der Waals surface area contributed by atoms with Crippen LogP contribution >= 0.6 is 23.2 Å². The van der Waals surface area contributed by atoms with E-state index in [1.54, 1.807) is 18.2 Å². The monoisotopic (exact) mass is 579 g/mol. The number of rotatable bonds is 9. The summed E-state index contributed by atoms with van der Waals surface area (Å²) >= 11 is 11.9. The van der Waals surface area contributed by atoms with Crippen LogP contribution in [0.2, 0.25) is 10.0 Å². The first-order valence-electron chi connectivity index (χ1n) is 11.7. The van der Waals surface area contributed by atoms with Gasteiger partial charge in [-0.25, -0.2) is 4.79 Å². The van der Waals surface area contributed by atoms with Gasteiger partial charge in [-0.2, -0.15) is 13.2 Å². The molecule has 1 aromatic carbocycles. The molecule has 1 aliphatic heterocycles. The second-order valence-electron chi connectivity index (χ2n) is 8.64. The van der Waals surface area contributed by atoms with Gasteiger partial charge in [-0.3, -0.25) is 9.59 Å². The van der Waals surface area contributed by atoms with Gasteiger partial charge in [0, 0.05) is 44.7 Å². The van der Waals surface area contributed by atoms with Crippen molar-refractivity contribution in [1.82, 2.24) is 14.9 Å². The molecule has 14 heteroatoms. The van der Waals surface area contributed by atoms with Gasteiger partial charge >= 0.3 is 12.1 Å². The lowest BCUT2D eigenvalue weighted by Crippen LogP contribution is -2.45. The van der Waals surface area contributed by atoms with Crippen LogP contribution in [0, 0.1) is 0 Å². The number of aliphatic hydroxyl groups excluding tert-OH is 1. The van der Waals surface area contributed by atoms with Gasteiger partial charge in [0.1, 0.15) is 11.9 Å². The molecule has 2 aromatic rings. The number of halogens is 5. The molecule has 2 heterocycles. The smallest absolute Gasteiger partial charge is 0.417 e. The first-order chi connectivity index (χ1) is 17.9. The molecule has 0 saturated carbocycles. The van der Waals surface area contributed by atoms with E-state index < -0.39 is 40.8 Å². The van der Waals surface area contributed by atoms with Crippen LogP contribution in [-0.4, -0.2) is 65.0 Å². The van der Waals surface area contributed by atoms with Crippen LogP contribution in [0.4, 0.5) is 13.2 Å². The van der Waals surface area contributed by atoms with Crippen molar-refractivity contribution in [3.8, 4) is 5.75 Å². The number of carbonyl (C=O) groups excluding carboxylic acids is 2. The Kier molecular flexibility index (Phi) is 10.0. The minimum atomic E-state index is -5.01. The second kappa shape index (κ2) is 12.8. The van der Waals surface area contributed by atoms with E-state index in [2.05, 4.69) is 10.2 Å². The number of likely N-dealkylation sites (tertiary alicyclic amines) is 1. The third-order valence-electron chi connectivity index (χ3n) is 5.76. The highest BCUT2D eigenvalue weighted by molar-refractivity contribution is 6.42. The van der Waals surface area contributed by atoms with Crippen molar-refractivity contribution < 1.29 is 37.4 Å². The van der Waals surface area contributed by atoms with E-state index in [0.717, 1.165) is 0 Å². The first-order valence-corrected chi connectivity index (χ1v) is 12.5. The van der Waals surface area contributed by atoms with Crippen LogP contribution in [0.15, 0.2) is 35.3 Å². The maximum atomic E-state index is 13.4. The molecule has 1 fully saturated rings. The minimum Gasteiger partial charge on any atom is -0.490 e. The van der Waals surface area contributed by atoms with Crippen molar-refractivity contribution in [1.29, 1.82) is 0 Å². The van der Waals surface area contributed by atoms with Gasteiger partial charge in [0.25, 0.3) is 11.5 Å². The number of carbonyl (C=O) groups is 2. The molecular weight excluding hydrogens is 554 g/mol. The molecule has 1 atom stereocenters. The largest absolute Gasteiger partial charge is 0.490 e. The summed E-state index contributed by atoms with van der Waals surface area (Å²) in [6, 6.07) is 5.17. The third kappa shape index (κ3) is 8.10. The number of alkyl halides is 3. The van der Waals surface area contributed by atoms with Crippen LogP contribution in [0.5, 0.6) is 5.75 Å². The number of pyridine rings is 1. The van der Waals surface area contributed by atoms with E-state index >= 15 is 0 Å². The summed E-state index contributed by atoms with van der Waals surface area (Å²) in [6.07, 6.45) is -4.47. The summed E-state index contributed by atoms with van der Waals surface area (Å²) in [6.45, 7) is 2.42. The number of hydrogen-bond acceptors (Lipinski definition) is 7. The SMILES string of the molecule is CCC(=O)On1cc(C(=O)NC[C@@H](O)CN2CCC(Oc3ccc(Cl)c(Cl)c3)CC2)c(C(F)(F)F)cc1=O. The molecule has 0 bridgehead atoms. The summed E-state index contributed by atoms with van der Waals surface area (Å²) < 4.78 is 46.5. The Bertz CT molecular complexity index is 1220. The van der Waals surface area contributed by atoms with E-state index in [0.29, 0.717) is 47.9 Å². The fraction of sp³-hybridized carbons (Fsp3) is 0.458. The molecule has 0 spiro atoms. The summed E-state index contributed by atoms with van der Waals surface area (Å²) in [4.78, 5) is 42.6. The zero-order chi connectivity index (χ0) is 28.0. The number of piperidine rings is 1. The molecular formula is C24H26Cl2F3N3O6. The van der Waals surface area contributed by atoms with E-state index in [4.69, 9.17) is 27.9 Å².